The molecule has 1 amide bonds. The van der Waals surface area contributed by atoms with Crippen molar-refractivity contribution in [2.24, 2.45) is 0 Å². The first-order valence-electron chi connectivity index (χ1n) is 8.54. The Morgan fingerprint density at radius 3 is 2.40 bits per heavy atom. The van der Waals surface area contributed by atoms with E-state index >= 15 is 0 Å². The maximum absolute atomic E-state index is 12.3. The van der Waals surface area contributed by atoms with Crippen LogP contribution in [-0.2, 0) is 11.2 Å². The van der Waals surface area contributed by atoms with Crippen LogP contribution < -0.4 is 10.1 Å². The maximum Gasteiger partial charge on any atom is 0.233 e. The quantitative estimate of drug-likeness (QED) is 0.495. The van der Waals surface area contributed by atoms with Crippen molar-refractivity contribution in [1.82, 2.24) is 5.32 Å². The summed E-state index contributed by atoms with van der Waals surface area (Å²) in [5.74, 6) is 0.862. The second kappa shape index (κ2) is 10.4. The first kappa shape index (κ1) is 19.7. The van der Waals surface area contributed by atoms with Crippen LogP contribution in [0.5, 0.6) is 5.75 Å². The molecule has 1 N–H and O–H groups in total. The number of carbonyl (C=O) groups excluding carboxylic acids is 1. The third-order valence-electron chi connectivity index (χ3n) is 3.76. The van der Waals surface area contributed by atoms with Crippen molar-refractivity contribution >= 4 is 29.3 Å². The summed E-state index contributed by atoms with van der Waals surface area (Å²) in [5.41, 5.74) is 1.28. The predicted octanol–water partition coefficient (Wildman–Crippen LogP) is 4.97. The standard InChI is InChI=1S/C20H24ClNO2S/c1-3-15-5-9-17(10-6-15)24-14-13-22-20(23)19(4-2)25-18-11-7-16(21)8-12-18/h5-12,19H,3-4,13-14H2,1-2H3,(H,22,23)/t19-/m0/s1. The zero-order valence-electron chi connectivity index (χ0n) is 14.6. The van der Waals surface area contributed by atoms with E-state index < -0.39 is 0 Å². The van der Waals surface area contributed by atoms with Gasteiger partial charge in [0.05, 0.1) is 11.8 Å². The highest BCUT2D eigenvalue weighted by molar-refractivity contribution is 8.00. The van der Waals surface area contributed by atoms with Gasteiger partial charge in [0.15, 0.2) is 0 Å². The molecule has 0 spiro atoms. The smallest absolute Gasteiger partial charge is 0.233 e. The fraction of sp³-hybridized carbons (Fsp3) is 0.350. The van der Waals surface area contributed by atoms with Crippen molar-refractivity contribution in [2.75, 3.05) is 13.2 Å². The number of aryl methyl sites for hydroxylation is 1. The van der Waals surface area contributed by atoms with Gasteiger partial charge in [0.2, 0.25) is 5.91 Å². The average molecular weight is 378 g/mol. The van der Waals surface area contributed by atoms with Crippen LogP contribution in [0.15, 0.2) is 53.4 Å². The van der Waals surface area contributed by atoms with Gasteiger partial charge in [-0.25, -0.2) is 0 Å². The largest absolute Gasteiger partial charge is 0.492 e. The van der Waals surface area contributed by atoms with E-state index in [1.807, 2.05) is 43.3 Å². The number of hydrogen-bond acceptors (Lipinski definition) is 3. The van der Waals surface area contributed by atoms with E-state index in [1.54, 1.807) is 11.8 Å². The molecule has 0 bridgehead atoms. The maximum atomic E-state index is 12.3. The van der Waals surface area contributed by atoms with Crippen LogP contribution in [-0.4, -0.2) is 24.3 Å². The zero-order valence-corrected chi connectivity index (χ0v) is 16.2. The number of ether oxygens (including phenoxy) is 1. The van der Waals surface area contributed by atoms with Crippen LogP contribution in [0.25, 0.3) is 0 Å². The van der Waals surface area contributed by atoms with E-state index in [0.29, 0.717) is 18.2 Å². The SMILES string of the molecule is CCc1ccc(OCCNC(=O)[C@H](CC)Sc2ccc(Cl)cc2)cc1. The normalized spacial score (nSPS) is 11.8. The summed E-state index contributed by atoms with van der Waals surface area (Å²) < 4.78 is 5.66. The number of amides is 1. The molecule has 0 heterocycles. The lowest BCUT2D eigenvalue weighted by Gasteiger charge is -2.15. The van der Waals surface area contributed by atoms with E-state index in [2.05, 4.69) is 24.4 Å². The molecule has 0 aliphatic heterocycles. The van der Waals surface area contributed by atoms with Crippen molar-refractivity contribution in [1.29, 1.82) is 0 Å². The molecule has 0 unspecified atom stereocenters. The van der Waals surface area contributed by atoms with E-state index in [-0.39, 0.29) is 11.2 Å². The summed E-state index contributed by atoms with van der Waals surface area (Å²) in [7, 11) is 0. The molecule has 2 aromatic rings. The van der Waals surface area contributed by atoms with Crippen molar-refractivity contribution in [3.05, 3.63) is 59.1 Å². The van der Waals surface area contributed by atoms with Gasteiger partial charge < -0.3 is 10.1 Å². The highest BCUT2D eigenvalue weighted by atomic mass is 35.5. The number of halogens is 1. The van der Waals surface area contributed by atoms with Gasteiger partial charge in [-0.2, -0.15) is 0 Å². The molecule has 0 aliphatic carbocycles. The molecule has 0 saturated carbocycles. The fourth-order valence-corrected chi connectivity index (χ4v) is 3.38. The molecule has 25 heavy (non-hydrogen) atoms. The summed E-state index contributed by atoms with van der Waals surface area (Å²) in [6.45, 7) is 5.09. The predicted molar refractivity (Wildman–Crippen MR) is 106 cm³/mol. The van der Waals surface area contributed by atoms with E-state index in [1.165, 1.54) is 5.56 Å². The second-order valence-corrected chi connectivity index (χ2v) is 7.32. The number of thioether (sulfide) groups is 1. The molecule has 0 aromatic heterocycles. The minimum absolute atomic E-state index is 0.0346. The summed E-state index contributed by atoms with van der Waals surface area (Å²) in [6.07, 6.45) is 1.78. The molecule has 134 valence electrons. The molecule has 0 fully saturated rings. The third kappa shape index (κ3) is 6.63. The molecule has 5 heteroatoms. The molecule has 1 atom stereocenters. The number of nitrogens with one attached hydrogen (secondary N) is 1. The lowest BCUT2D eigenvalue weighted by Crippen LogP contribution is -2.35. The van der Waals surface area contributed by atoms with Crippen LogP contribution >= 0.6 is 23.4 Å². The van der Waals surface area contributed by atoms with Crippen molar-refractivity contribution in [3.63, 3.8) is 0 Å². The molecule has 0 saturated heterocycles. The molecular weight excluding hydrogens is 354 g/mol. The Kier molecular flexibility index (Phi) is 8.16. The number of carbonyl (C=O) groups is 1. The van der Waals surface area contributed by atoms with Crippen molar-refractivity contribution in [2.45, 2.75) is 36.8 Å². The van der Waals surface area contributed by atoms with Gasteiger partial charge in [-0.05, 0) is 54.8 Å². The third-order valence-corrected chi connectivity index (χ3v) is 5.39. The monoisotopic (exact) mass is 377 g/mol. The van der Waals surface area contributed by atoms with Crippen LogP contribution in [0.1, 0.15) is 25.8 Å². The second-order valence-electron chi connectivity index (χ2n) is 5.61. The van der Waals surface area contributed by atoms with Gasteiger partial charge >= 0.3 is 0 Å². The Morgan fingerprint density at radius 1 is 1.12 bits per heavy atom. The molecule has 0 radical (unpaired) electrons. The summed E-state index contributed by atoms with van der Waals surface area (Å²) in [4.78, 5) is 13.4. The molecule has 2 aromatic carbocycles. The van der Waals surface area contributed by atoms with Gasteiger partial charge in [-0.1, -0.05) is 37.6 Å². The van der Waals surface area contributed by atoms with E-state index in [4.69, 9.17) is 16.3 Å². The van der Waals surface area contributed by atoms with E-state index in [9.17, 15) is 4.79 Å². The van der Waals surface area contributed by atoms with Gasteiger partial charge in [0.1, 0.15) is 12.4 Å². The fourth-order valence-electron chi connectivity index (χ4n) is 2.28. The topological polar surface area (TPSA) is 38.3 Å². The first-order chi connectivity index (χ1) is 12.1. The highest BCUT2D eigenvalue weighted by Crippen LogP contribution is 2.26. The minimum atomic E-state index is -0.120. The molecule has 3 nitrogen and oxygen atoms in total. The highest BCUT2D eigenvalue weighted by Gasteiger charge is 2.17. The Labute approximate surface area is 159 Å². The van der Waals surface area contributed by atoms with Crippen LogP contribution in [0.4, 0.5) is 0 Å². The summed E-state index contributed by atoms with van der Waals surface area (Å²) in [6, 6.07) is 15.6. The minimum Gasteiger partial charge on any atom is -0.492 e. The zero-order chi connectivity index (χ0) is 18.1. The summed E-state index contributed by atoms with van der Waals surface area (Å²) in [5, 5.41) is 3.53. The van der Waals surface area contributed by atoms with Gasteiger partial charge in [-0.3, -0.25) is 4.79 Å². The lowest BCUT2D eigenvalue weighted by atomic mass is 10.2. The Balaban J connectivity index is 1.74. The Morgan fingerprint density at radius 2 is 1.80 bits per heavy atom. The van der Waals surface area contributed by atoms with Gasteiger partial charge in [0.25, 0.3) is 0 Å². The van der Waals surface area contributed by atoms with Crippen molar-refractivity contribution in [3.8, 4) is 5.75 Å². The van der Waals surface area contributed by atoms with Gasteiger partial charge in [0, 0.05) is 9.92 Å². The Bertz CT molecular complexity index is 658. The number of hydrogen-bond donors (Lipinski definition) is 1. The van der Waals surface area contributed by atoms with E-state index in [0.717, 1.165) is 23.5 Å². The van der Waals surface area contributed by atoms with Crippen LogP contribution in [0, 0.1) is 0 Å². The Hall–Kier alpha value is -1.65. The molecular formula is C20H24ClNO2S. The van der Waals surface area contributed by atoms with Crippen LogP contribution in [0.2, 0.25) is 5.02 Å². The first-order valence-corrected chi connectivity index (χ1v) is 9.79. The molecule has 0 aliphatic rings. The number of rotatable bonds is 9. The summed E-state index contributed by atoms with van der Waals surface area (Å²) >= 11 is 7.45. The van der Waals surface area contributed by atoms with Gasteiger partial charge in [-0.15, -0.1) is 11.8 Å². The molecule has 2 rings (SSSR count). The number of benzene rings is 2. The van der Waals surface area contributed by atoms with Crippen LogP contribution in [0.3, 0.4) is 0 Å². The lowest BCUT2D eigenvalue weighted by molar-refractivity contribution is -0.120. The average Bonchev–Trinajstić information content (AvgIpc) is 2.65. The van der Waals surface area contributed by atoms with Crippen molar-refractivity contribution < 1.29 is 9.53 Å².